The van der Waals surface area contributed by atoms with Crippen molar-refractivity contribution in [1.82, 2.24) is 5.32 Å². The molecule has 3 nitrogen and oxygen atoms in total. The van der Waals surface area contributed by atoms with Gasteiger partial charge in [0.1, 0.15) is 5.37 Å². The Morgan fingerprint density at radius 1 is 1.47 bits per heavy atom. The van der Waals surface area contributed by atoms with Gasteiger partial charge in [0.15, 0.2) is 0 Å². The average Bonchev–Trinajstić information content (AvgIpc) is 2.74. The molecule has 2 rings (SSSR count). The first-order valence-electron chi connectivity index (χ1n) is 4.83. The van der Waals surface area contributed by atoms with Gasteiger partial charge in [-0.2, -0.15) is 0 Å². The first-order chi connectivity index (χ1) is 7.25. The molecule has 0 aromatic heterocycles. The Bertz CT molecular complexity index is 344. The Balaban J connectivity index is 1.96. The number of nitrogens with one attached hydrogen (secondary N) is 2. The number of anilines is 1. The number of benzene rings is 1. The fourth-order valence-electron chi connectivity index (χ4n) is 1.39. The van der Waals surface area contributed by atoms with Gasteiger partial charge < -0.3 is 5.32 Å². The van der Waals surface area contributed by atoms with Gasteiger partial charge >= 0.3 is 0 Å². The molecule has 1 aromatic carbocycles. The van der Waals surface area contributed by atoms with Crippen molar-refractivity contribution in [3.63, 3.8) is 0 Å². The lowest BCUT2D eigenvalue weighted by Gasteiger charge is -2.10. The molecule has 1 amide bonds. The highest BCUT2D eigenvalue weighted by molar-refractivity contribution is 8.00. The predicted molar refractivity (Wildman–Crippen MR) is 63.8 cm³/mol. The van der Waals surface area contributed by atoms with Crippen molar-refractivity contribution in [1.29, 1.82) is 0 Å². The molecule has 0 aliphatic carbocycles. The first-order valence-corrected chi connectivity index (χ1v) is 5.88. The van der Waals surface area contributed by atoms with Crippen LogP contribution < -0.4 is 10.6 Å². The van der Waals surface area contributed by atoms with Crippen molar-refractivity contribution in [3.8, 4) is 0 Å². The fraction of sp³-hybridized carbons (Fsp3) is 0.273. The number of carbonyl (C=O) groups excluding carboxylic acids is 1. The number of thioether (sulfide) groups is 1. The van der Waals surface area contributed by atoms with Crippen LogP contribution in [0.3, 0.4) is 0 Å². The first kappa shape index (κ1) is 10.5. The quantitative estimate of drug-likeness (QED) is 0.794. The summed E-state index contributed by atoms with van der Waals surface area (Å²) in [6.45, 7) is 4.69. The lowest BCUT2D eigenvalue weighted by molar-refractivity contribution is -0.116. The van der Waals surface area contributed by atoms with E-state index in [-0.39, 0.29) is 11.3 Å². The third kappa shape index (κ3) is 2.73. The maximum Gasteiger partial charge on any atom is 0.251 e. The number of rotatable bonds is 2. The van der Waals surface area contributed by atoms with Crippen molar-refractivity contribution >= 4 is 23.4 Å². The molecule has 79 valence electrons. The van der Waals surface area contributed by atoms with E-state index < -0.39 is 0 Å². The second kappa shape index (κ2) is 4.68. The minimum atomic E-state index is -0.107. The zero-order valence-corrected chi connectivity index (χ0v) is 9.14. The molecule has 1 aromatic rings. The molecule has 0 bridgehead atoms. The van der Waals surface area contributed by atoms with Gasteiger partial charge in [-0.15, -0.1) is 11.8 Å². The molecule has 1 fully saturated rings. The van der Waals surface area contributed by atoms with E-state index in [1.165, 1.54) is 0 Å². The van der Waals surface area contributed by atoms with Crippen LogP contribution in [0.15, 0.2) is 24.3 Å². The molecule has 0 spiro atoms. The van der Waals surface area contributed by atoms with Gasteiger partial charge in [0.05, 0.1) is 0 Å². The lowest BCUT2D eigenvalue weighted by atomic mass is 10.2. The molecule has 1 aliphatic rings. The number of carbonyl (C=O) groups is 1. The summed E-state index contributed by atoms with van der Waals surface area (Å²) in [6.07, 6.45) is 0. The van der Waals surface area contributed by atoms with Crippen LogP contribution in [0, 0.1) is 6.92 Å². The summed E-state index contributed by atoms with van der Waals surface area (Å²) in [6, 6.07) is 7.48. The van der Waals surface area contributed by atoms with Crippen LogP contribution in [0.25, 0.3) is 0 Å². The summed E-state index contributed by atoms with van der Waals surface area (Å²) in [5.74, 6) is 1.02. The normalized spacial score (nSPS) is 20.2. The standard InChI is InChI=1S/C11H13N2OS/c1-8-2-4-9(5-3-8)13-10(14)11-12-6-7-15-11/h2-5,11-12H,1,6-7H2,(H,13,14). The highest BCUT2D eigenvalue weighted by atomic mass is 32.2. The summed E-state index contributed by atoms with van der Waals surface area (Å²) >= 11 is 1.64. The molecular weight excluding hydrogens is 208 g/mol. The van der Waals surface area contributed by atoms with Crippen LogP contribution in [-0.2, 0) is 4.79 Å². The molecule has 1 unspecified atom stereocenters. The molecular formula is C11H13N2OS. The Morgan fingerprint density at radius 3 is 2.80 bits per heavy atom. The maximum absolute atomic E-state index is 11.7. The average molecular weight is 221 g/mol. The molecule has 1 radical (unpaired) electrons. The van der Waals surface area contributed by atoms with Crippen molar-refractivity contribution in [2.45, 2.75) is 5.37 Å². The van der Waals surface area contributed by atoms with Crippen LogP contribution in [0.1, 0.15) is 5.56 Å². The summed E-state index contributed by atoms with van der Waals surface area (Å²) < 4.78 is 0. The molecule has 1 saturated heterocycles. The highest BCUT2D eigenvalue weighted by Crippen LogP contribution is 2.16. The van der Waals surface area contributed by atoms with Gasteiger partial charge in [0, 0.05) is 18.0 Å². The monoisotopic (exact) mass is 221 g/mol. The predicted octanol–water partition coefficient (Wildman–Crippen LogP) is 1.47. The molecule has 4 heteroatoms. The highest BCUT2D eigenvalue weighted by Gasteiger charge is 2.22. The Labute approximate surface area is 93.6 Å². The Kier molecular flexibility index (Phi) is 3.28. The second-order valence-corrected chi connectivity index (χ2v) is 4.60. The SMILES string of the molecule is [CH2]c1ccc(NC(=O)C2NCCS2)cc1. The largest absolute Gasteiger partial charge is 0.324 e. The van der Waals surface area contributed by atoms with Gasteiger partial charge in [0.2, 0.25) is 0 Å². The van der Waals surface area contributed by atoms with Gasteiger partial charge in [-0.1, -0.05) is 12.1 Å². The zero-order valence-electron chi connectivity index (χ0n) is 8.32. The van der Waals surface area contributed by atoms with Crippen LogP contribution in [0.2, 0.25) is 0 Å². The van der Waals surface area contributed by atoms with E-state index in [1.807, 2.05) is 24.3 Å². The summed E-state index contributed by atoms with van der Waals surface area (Å²) in [5, 5.41) is 5.88. The van der Waals surface area contributed by atoms with Crippen molar-refractivity contribution < 1.29 is 4.79 Å². The zero-order chi connectivity index (χ0) is 10.7. The number of hydrogen-bond donors (Lipinski definition) is 2. The molecule has 15 heavy (non-hydrogen) atoms. The minimum Gasteiger partial charge on any atom is -0.324 e. The van der Waals surface area contributed by atoms with Gasteiger partial charge in [-0.3, -0.25) is 10.1 Å². The van der Waals surface area contributed by atoms with Gasteiger partial charge in [-0.05, 0) is 24.6 Å². The van der Waals surface area contributed by atoms with Gasteiger partial charge in [-0.25, -0.2) is 0 Å². The molecule has 1 heterocycles. The lowest BCUT2D eigenvalue weighted by Crippen LogP contribution is -2.33. The van der Waals surface area contributed by atoms with E-state index in [4.69, 9.17) is 0 Å². The summed E-state index contributed by atoms with van der Waals surface area (Å²) in [7, 11) is 0. The number of hydrogen-bond acceptors (Lipinski definition) is 3. The molecule has 1 aliphatic heterocycles. The van der Waals surface area contributed by atoms with Crippen LogP contribution in [0.4, 0.5) is 5.69 Å². The van der Waals surface area contributed by atoms with Crippen LogP contribution in [-0.4, -0.2) is 23.6 Å². The van der Waals surface area contributed by atoms with E-state index in [0.29, 0.717) is 0 Å². The number of amides is 1. The van der Waals surface area contributed by atoms with Crippen molar-refractivity contribution in [2.24, 2.45) is 0 Å². The Morgan fingerprint density at radius 2 is 2.20 bits per heavy atom. The maximum atomic E-state index is 11.7. The molecule has 2 N–H and O–H groups in total. The van der Waals surface area contributed by atoms with E-state index in [9.17, 15) is 4.79 Å². The Hall–Kier alpha value is -1.00. The smallest absolute Gasteiger partial charge is 0.251 e. The van der Waals surface area contributed by atoms with E-state index in [0.717, 1.165) is 23.5 Å². The molecule has 1 atom stereocenters. The summed E-state index contributed by atoms with van der Waals surface area (Å²) in [4.78, 5) is 11.7. The van der Waals surface area contributed by atoms with Gasteiger partial charge in [0.25, 0.3) is 5.91 Å². The molecule has 0 saturated carbocycles. The summed E-state index contributed by atoms with van der Waals surface area (Å²) in [5.41, 5.74) is 1.77. The van der Waals surface area contributed by atoms with E-state index >= 15 is 0 Å². The third-order valence-corrected chi connectivity index (χ3v) is 3.33. The van der Waals surface area contributed by atoms with Crippen LogP contribution in [0.5, 0.6) is 0 Å². The topological polar surface area (TPSA) is 41.1 Å². The minimum absolute atomic E-state index is 0.0225. The second-order valence-electron chi connectivity index (χ2n) is 3.39. The van der Waals surface area contributed by atoms with Crippen molar-refractivity contribution in [2.75, 3.05) is 17.6 Å². The van der Waals surface area contributed by atoms with Crippen molar-refractivity contribution in [3.05, 3.63) is 36.8 Å². The fourth-order valence-corrected chi connectivity index (χ4v) is 2.31. The van der Waals surface area contributed by atoms with E-state index in [2.05, 4.69) is 17.6 Å². The third-order valence-electron chi connectivity index (χ3n) is 2.18. The van der Waals surface area contributed by atoms with E-state index in [1.54, 1.807) is 11.8 Å². The van der Waals surface area contributed by atoms with Crippen LogP contribution >= 0.6 is 11.8 Å².